The highest BCUT2D eigenvalue weighted by Crippen LogP contribution is 2.30. The molecule has 0 spiro atoms. The fourth-order valence-corrected chi connectivity index (χ4v) is 1.36. The molecule has 90 valence electrons. The van der Waals surface area contributed by atoms with Gasteiger partial charge in [-0.3, -0.25) is 9.79 Å². The molecule has 17 heavy (non-hydrogen) atoms. The van der Waals surface area contributed by atoms with Gasteiger partial charge < -0.3 is 19.9 Å². The summed E-state index contributed by atoms with van der Waals surface area (Å²) in [4.78, 5) is 13.9. The van der Waals surface area contributed by atoms with Crippen LogP contribution in [0.5, 0.6) is 11.5 Å². The van der Waals surface area contributed by atoms with Crippen molar-refractivity contribution in [2.45, 2.75) is 6.23 Å². The molecule has 6 heteroatoms. The van der Waals surface area contributed by atoms with Crippen molar-refractivity contribution in [3.05, 3.63) is 24.3 Å². The number of nitrogens with one attached hydrogen (secondary N) is 1. The zero-order valence-electron chi connectivity index (χ0n) is 9.00. The number of aliphatic imine (C=N–C) groups is 1. The van der Waals surface area contributed by atoms with Crippen LogP contribution in [0.25, 0.3) is 0 Å². The van der Waals surface area contributed by atoms with E-state index >= 15 is 0 Å². The summed E-state index contributed by atoms with van der Waals surface area (Å²) in [5.74, 6) is 0.380. The van der Waals surface area contributed by atoms with Crippen LogP contribution in [0.3, 0.4) is 0 Å². The molecule has 0 amide bonds. The summed E-state index contributed by atoms with van der Waals surface area (Å²) in [6.07, 6.45) is 0.957. The third-order valence-corrected chi connectivity index (χ3v) is 2.09. The Bertz CT molecular complexity index is 433. The average Bonchev–Trinajstić information content (AvgIpc) is 2.34. The summed E-state index contributed by atoms with van der Waals surface area (Å²) < 4.78 is 11.0. The number of hydrogen-bond acceptors (Lipinski definition) is 4. The van der Waals surface area contributed by atoms with E-state index in [4.69, 9.17) is 14.6 Å². The molecule has 0 aliphatic carbocycles. The Morgan fingerprint density at radius 3 is 3.06 bits per heavy atom. The minimum absolute atomic E-state index is 0.267. The second-order valence-electron chi connectivity index (χ2n) is 3.39. The molecule has 6 nitrogen and oxygen atoms in total. The quantitative estimate of drug-likeness (QED) is 0.587. The Morgan fingerprint density at radius 2 is 2.29 bits per heavy atom. The maximum atomic E-state index is 10.2. The highest BCUT2D eigenvalue weighted by atomic mass is 16.6. The molecule has 1 aromatic rings. The third-order valence-electron chi connectivity index (χ3n) is 2.09. The van der Waals surface area contributed by atoms with E-state index in [-0.39, 0.29) is 12.8 Å². The molecule has 0 aromatic heterocycles. The van der Waals surface area contributed by atoms with Crippen molar-refractivity contribution in [2.24, 2.45) is 4.99 Å². The number of benzene rings is 1. The van der Waals surface area contributed by atoms with Crippen molar-refractivity contribution in [1.29, 1.82) is 0 Å². The highest BCUT2D eigenvalue weighted by molar-refractivity contribution is 5.71. The van der Waals surface area contributed by atoms with Gasteiger partial charge in [0, 0.05) is 0 Å². The second-order valence-corrected chi connectivity index (χ2v) is 3.39. The SMILES string of the molecule is O=C(O)CN=CNC1COc2ccccc2O1. The second kappa shape index (κ2) is 5.20. The largest absolute Gasteiger partial charge is 0.484 e. The molecule has 1 aliphatic rings. The van der Waals surface area contributed by atoms with Crippen LogP contribution < -0.4 is 14.8 Å². The highest BCUT2D eigenvalue weighted by Gasteiger charge is 2.18. The van der Waals surface area contributed by atoms with Crippen LogP contribution in [-0.4, -0.2) is 36.8 Å². The Hall–Kier alpha value is -2.24. The maximum absolute atomic E-state index is 10.2. The third kappa shape index (κ3) is 3.10. The summed E-state index contributed by atoms with van der Waals surface area (Å²) in [6.45, 7) is 0.0767. The van der Waals surface area contributed by atoms with Crippen LogP contribution >= 0.6 is 0 Å². The van der Waals surface area contributed by atoms with Gasteiger partial charge in [-0.15, -0.1) is 0 Å². The lowest BCUT2D eigenvalue weighted by Gasteiger charge is -2.26. The zero-order chi connectivity index (χ0) is 12.1. The number of ether oxygens (including phenoxy) is 2. The minimum Gasteiger partial charge on any atom is -0.484 e. The van der Waals surface area contributed by atoms with E-state index in [9.17, 15) is 4.79 Å². The van der Waals surface area contributed by atoms with Crippen LogP contribution in [0.2, 0.25) is 0 Å². The Balaban J connectivity index is 1.86. The maximum Gasteiger partial charge on any atom is 0.325 e. The number of fused-ring (bicyclic) bond motifs is 1. The lowest BCUT2D eigenvalue weighted by Crippen LogP contribution is -2.41. The van der Waals surface area contributed by atoms with Crippen molar-refractivity contribution >= 4 is 12.3 Å². The Kier molecular flexibility index (Phi) is 3.44. The van der Waals surface area contributed by atoms with E-state index in [1.165, 1.54) is 6.34 Å². The molecule has 0 bridgehead atoms. The summed E-state index contributed by atoms with van der Waals surface area (Å²) >= 11 is 0. The fraction of sp³-hybridized carbons (Fsp3) is 0.273. The monoisotopic (exact) mass is 236 g/mol. The number of rotatable bonds is 4. The summed E-state index contributed by atoms with van der Waals surface area (Å²) in [7, 11) is 0. The number of hydrogen-bond donors (Lipinski definition) is 2. The van der Waals surface area contributed by atoms with E-state index in [2.05, 4.69) is 10.3 Å². The molecule has 0 saturated carbocycles. The molecular formula is C11H12N2O4. The number of carbonyl (C=O) groups is 1. The molecule has 1 unspecified atom stereocenters. The van der Waals surface area contributed by atoms with Gasteiger partial charge in [0.05, 0.1) is 6.34 Å². The molecule has 0 fully saturated rings. The lowest BCUT2D eigenvalue weighted by atomic mass is 10.3. The Morgan fingerprint density at radius 1 is 1.53 bits per heavy atom. The molecule has 0 saturated heterocycles. The van der Waals surface area contributed by atoms with E-state index < -0.39 is 5.97 Å². The van der Waals surface area contributed by atoms with Gasteiger partial charge in [-0.25, -0.2) is 0 Å². The normalized spacial score (nSPS) is 18.0. The van der Waals surface area contributed by atoms with Crippen molar-refractivity contribution in [3.8, 4) is 11.5 Å². The van der Waals surface area contributed by atoms with Crippen LogP contribution in [0.4, 0.5) is 0 Å². The van der Waals surface area contributed by atoms with Crippen molar-refractivity contribution in [3.63, 3.8) is 0 Å². The van der Waals surface area contributed by atoms with Crippen LogP contribution in [0.15, 0.2) is 29.3 Å². The minimum atomic E-state index is -0.978. The zero-order valence-corrected chi connectivity index (χ0v) is 9.00. The number of para-hydroxylation sites is 2. The first-order chi connectivity index (χ1) is 8.25. The number of aliphatic carboxylic acids is 1. The topological polar surface area (TPSA) is 80.2 Å². The predicted octanol–water partition coefficient (Wildman–Crippen LogP) is 0.486. The lowest BCUT2D eigenvalue weighted by molar-refractivity contribution is -0.135. The Labute approximate surface area is 97.9 Å². The molecule has 0 radical (unpaired) electrons. The van der Waals surface area contributed by atoms with Gasteiger partial charge >= 0.3 is 5.97 Å². The smallest absolute Gasteiger partial charge is 0.325 e. The van der Waals surface area contributed by atoms with Crippen molar-refractivity contribution in [2.75, 3.05) is 13.2 Å². The number of carboxylic acid groups (broad SMARTS) is 1. The van der Waals surface area contributed by atoms with Gasteiger partial charge in [-0.1, -0.05) is 12.1 Å². The first-order valence-electron chi connectivity index (χ1n) is 5.10. The van der Waals surface area contributed by atoms with E-state index in [0.29, 0.717) is 18.1 Å². The molecule has 1 heterocycles. The molecular weight excluding hydrogens is 224 g/mol. The molecule has 1 atom stereocenters. The van der Waals surface area contributed by atoms with Crippen molar-refractivity contribution in [1.82, 2.24) is 5.32 Å². The van der Waals surface area contributed by atoms with E-state index in [1.54, 1.807) is 6.07 Å². The molecule has 1 aliphatic heterocycles. The molecule has 1 aromatic carbocycles. The predicted molar refractivity (Wildman–Crippen MR) is 60.5 cm³/mol. The summed E-state index contributed by atoms with van der Waals surface area (Å²) in [5, 5.41) is 11.2. The number of carboxylic acids is 1. The number of nitrogens with zero attached hydrogens (tertiary/aromatic N) is 1. The van der Waals surface area contributed by atoms with Gasteiger partial charge in [0.25, 0.3) is 0 Å². The summed E-state index contributed by atoms with van der Waals surface area (Å²) in [6, 6.07) is 7.34. The van der Waals surface area contributed by atoms with Crippen LogP contribution in [0, 0.1) is 0 Å². The van der Waals surface area contributed by atoms with E-state index in [0.717, 1.165) is 0 Å². The summed E-state index contributed by atoms with van der Waals surface area (Å²) in [5.41, 5.74) is 0. The van der Waals surface area contributed by atoms with Gasteiger partial charge in [-0.05, 0) is 12.1 Å². The van der Waals surface area contributed by atoms with Crippen LogP contribution in [0.1, 0.15) is 0 Å². The first kappa shape index (κ1) is 11.3. The fourth-order valence-electron chi connectivity index (χ4n) is 1.36. The van der Waals surface area contributed by atoms with Gasteiger partial charge in [0.2, 0.25) is 6.23 Å². The van der Waals surface area contributed by atoms with Gasteiger partial charge in [0.15, 0.2) is 11.5 Å². The average molecular weight is 236 g/mol. The van der Waals surface area contributed by atoms with Crippen LogP contribution in [-0.2, 0) is 4.79 Å². The van der Waals surface area contributed by atoms with Gasteiger partial charge in [-0.2, -0.15) is 0 Å². The molecule has 2 N–H and O–H groups in total. The van der Waals surface area contributed by atoms with Gasteiger partial charge in [0.1, 0.15) is 13.2 Å². The first-order valence-corrected chi connectivity index (χ1v) is 5.10. The standard InChI is InChI=1S/C11H12N2O4/c14-11(15)5-12-7-13-10-6-16-8-3-1-2-4-9(8)17-10/h1-4,7,10H,5-6H2,(H,12,13)(H,14,15). The van der Waals surface area contributed by atoms with Crippen molar-refractivity contribution < 1.29 is 19.4 Å². The van der Waals surface area contributed by atoms with E-state index in [1.807, 2.05) is 18.2 Å². The molecule has 2 rings (SSSR count).